The van der Waals surface area contributed by atoms with E-state index >= 15 is 0 Å². The highest BCUT2D eigenvalue weighted by molar-refractivity contribution is 6.13. The van der Waals surface area contributed by atoms with E-state index < -0.39 is 17.7 Å². The molecule has 0 unspecified atom stereocenters. The second-order valence-corrected chi connectivity index (χ2v) is 7.27. The monoisotopic (exact) mass is 459 g/mol. The molecule has 0 aromatic heterocycles. The minimum absolute atomic E-state index is 0.0553. The van der Waals surface area contributed by atoms with Crippen LogP contribution in [-0.2, 0) is 4.79 Å². The largest absolute Gasteiger partial charge is 0.507 e. The summed E-state index contributed by atoms with van der Waals surface area (Å²) >= 11 is 0. The highest BCUT2D eigenvalue weighted by atomic mass is 16.3. The minimum Gasteiger partial charge on any atom is -0.507 e. The number of hydrogen-bond acceptors (Lipinski definition) is 5. The maximum atomic E-state index is 13.2. The van der Waals surface area contributed by atoms with E-state index in [0.29, 0.717) is 17.5 Å². The van der Waals surface area contributed by atoms with Crippen molar-refractivity contribution in [1.82, 2.24) is 10.6 Å². The van der Waals surface area contributed by atoms with Crippen LogP contribution in [0.3, 0.4) is 0 Å². The molecule has 8 nitrogen and oxygen atoms in total. The molecule has 0 aliphatic rings. The molecule has 0 fully saturated rings. The summed E-state index contributed by atoms with van der Waals surface area (Å²) in [6, 6.07) is 21.2. The topological polar surface area (TPSA) is 128 Å². The molecule has 8 heteroatoms. The van der Waals surface area contributed by atoms with Crippen LogP contribution in [0, 0.1) is 0 Å². The number of rotatable bonds is 9. The van der Waals surface area contributed by atoms with Crippen molar-refractivity contribution in [3.63, 3.8) is 0 Å². The van der Waals surface area contributed by atoms with Gasteiger partial charge < -0.3 is 26.2 Å². The van der Waals surface area contributed by atoms with E-state index in [1.54, 1.807) is 72.8 Å². The second-order valence-electron chi connectivity index (χ2n) is 7.27. The quantitative estimate of drug-likeness (QED) is 0.248. The molecule has 174 valence electrons. The van der Waals surface area contributed by atoms with Crippen molar-refractivity contribution >= 4 is 29.5 Å². The van der Waals surface area contributed by atoms with Crippen LogP contribution in [0.15, 0.2) is 84.6 Å². The Morgan fingerprint density at radius 3 is 2.24 bits per heavy atom. The fourth-order valence-electron chi connectivity index (χ4n) is 3.06. The first-order chi connectivity index (χ1) is 16.5. The predicted octanol–water partition coefficient (Wildman–Crippen LogP) is 2.91. The van der Waals surface area contributed by atoms with Gasteiger partial charge >= 0.3 is 0 Å². The number of phenols is 1. The van der Waals surface area contributed by atoms with Crippen LogP contribution in [0.1, 0.15) is 32.7 Å². The molecule has 0 aliphatic heterocycles. The third-order valence-electron chi connectivity index (χ3n) is 4.81. The van der Waals surface area contributed by atoms with Crippen LogP contribution in [0.25, 0.3) is 6.08 Å². The molecular weight excluding hydrogens is 434 g/mol. The molecule has 0 saturated heterocycles. The van der Waals surface area contributed by atoms with Crippen LogP contribution in [0.2, 0.25) is 0 Å². The highest BCUT2D eigenvalue weighted by Gasteiger charge is 2.18. The fraction of sp³-hybridized carbons (Fsp3) is 0.115. The summed E-state index contributed by atoms with van der Waals surface area (Å²) < 4.78 is 0. The summed E-state index contributed by atoms with van der Waals surface area (Å²) in [6.45, 7) is 0.226. The molecule has 3 amide bonds. The number of benzene rings is 3. The minimum atomic E-state index is -0.678. The lowest BCUT2D eigenvalue weighted by molar-refractivity contribution is -0.113. The smallest absolute Gasteiger partial charge is 0.272 e. The molecule has 0 spiro atoms. The zero-order chi connectivity index (χ0) is 24.3. The van der Waals surface area contributed by atoms with Gasteiger partial charge in [0, 0.05) is 24.3 Å². The summed E-state index contributed by atoms with van der Waals surface area (Å²) in [5.41, 5.74) is 1.03. The second kappa shape index (κ2) is 12.0. The lowest BCUT2D eigenvalue weighted by atomic mass is 10.1. The average Bonchev–Trinajstić information content (AvgIpc) is 2.85. The highest BCUT2D eigenvalue weighted by Crippen LogP contribution is 2.20. The van der Waals surface area contributed by atoms with Gasteiger partial charge in [0.25, 0.3) is 17.7 Å². The Hall–Kier alpha value is -4.43. The first-order valence-corrected chi connectivity index (χ1v) is 10.6. The Bertz CT molecular complexity index is 1190. The van der Waals surface area contributed by atoms with Crippen LogP contribution in [0.5, 0.6) is 5.75 Å². The summed E-state index contributed by atoms with van der Waals surface area (Å²) in [7, 11) is 0. The molecule has 0 heterocycles. The van der Waals surface area contributed by atoms with Gasteiger partial charge in [-0.25, -0.2) is 0 Å². The molecule has 0 atom stereocenters. The van der Waals surface area contributed by atoms with Gasteiger partial charge in [0.1, 0.15) is 11.4 Å². The Kier molecular flexibility index (Phi) is 8.54. The molecule has 3 aromatic rings. The number of phenolic OH excluding ortho intramolecular Hbond substituents is 1. The number of nitrogens with one attached hydrogen (secondary N) is 3. The molecule has 34 heavy (non-hydrogen) atoms. The van der Waals surface area contributed by atoms with Crippen molar-refractivity contribution in [3.8, 4) is 5.75 Å². The number of carbonyl (C=O) groups excluding carboxylic acids is 3. The van der Waals surface area contributed by atoms with Crippen molar-refractivity contribution < 1.29 is 24.6 Å². The predicted molar refractivity (Wildman–Crippen MR) is 129 cm³/mol. The number of amides is 3. The van der Waals surface area contributed by atoms with Gasteiger partial charge in [0.15, 0.2) is 0 Å². The third-order valence-corrected chi connectivity index (χ3v) is 4.81. The van der Waals surface area contributed by atoms with Crippen LogP contribution in [-0.4, -0.2) is 41.1 Å². The Balaban J connectivity index is 1.89. The normalized spacial score (nSPS) is 10.9. The van der Waals surface area contributed by atoms with E-state index in [1.165, 1.54) is 12.1 Å². The van der Waals surface area contributed by atoms with Crippen molar-refractivity contribution in [2.24, 2.45) is 0 Å². The molecular formula is C26H25N3O5. The maximum Gasteiger partial charge on any atom is 0.272 e. The van der Waals surface area contributed by atoms with Gasteiger partial charge in [0.05, 0.1) is 11.3 Å². The average molecular weight is 460 g/mol. The fourth-order valence-corrected chi connectivity index (χ4v) is 3.06. The van der Waals surface area contributed by atoms with Crippen LogP contribution in [0.4, 0.5) is 5.69 Å². The van der Waals surface area contributed by atoms with Crippen molar-refractivity contribution in [3.05, 3.63) is 101 Å². The number of aliphatic hydroxyl groups is 1. The van der Waals surface area contributed by atoms with E-state index in [-0.39, 0.29) is 35.8 Å². The number of para-hydroxylation sites is 2. The van der Waals surface area contributed by atoms with Gasteiger partial charge in [-0.2, -0.15) is 0 Å². The van der Waals surface area contributed by atoms with Gasteiger partial charge in [0.2, 0.25) is 0 Å². The number of anilines is 1. The first-order valence-electron chi connectivity index (χ1n) is 10.6. The van der Waals surface area contributed by atoms with Gasteiger partial charge in [-0.05, 0) is 42.8 Å². The summed E-state index contributed by atoms with van der Waals surface area (Å²) in [4.78, 5) is 38.4. The Morgan fingerprint density at radius 1 is 0.824 bits per heavy atom. The van der Waals surface area contributed by atoms with Crippen molar-refractivity contribution in [2.75, 3.05) is 18.5 Å². The molecule has 0 bridgehead atoms. The molecule has 3 aromatic carbocycles. The zero-order valence-electron chi connectivity index (χ0n) is 18.3. The van der Waals surface area contributed by atoms with Crippen molar-refractivity contribution in [1.29, 1.82) is 0 Å². The standard InChI is InChI=1S/C26H25N3O5/c30-16-8-15-27-25(33)20-12-5-6-13-21(20)28-26(34)22(17-19-11-4-7-14-23(19)31)29-24(32)18-9-2-1-3-10-18/h1-7,9-14,17,30-31H,8,15-16H2,(H,27,33)(H,28,34)(H,29,32)/b22-17-. The van der Waals surface area contributed by atoms with E-state index in [1.807, 2.05) is 0 Å². The third kappa shape index (κ3) is 6.54. The summed E-state index contributed by atoms with van der Waals surface area (Å²) in [6.07, 6.45) is 1.76. The molecule has 0 radical (unpaired) electrons. The van der Waals surface area contributed by atoms with Gasteiger partial charge in [-0.1, -0.05) is 48.5 Å². The van der Waals surface area contributed by atoms with E-state index in [4.69, 9.17) is 5.11 Å². The molecule has 0 saturated carbocycles. The number of hydrogen-bond donors (Lipinski definition) is 5. The lowest BCUT2D eigenvalue weighted by Crippen LogP contribution is -2.32. The number of aromatic hydroxyl groups is 1. The van der Waals surface area contributed by atoms with Gasteiger partial charge in [-0.3, -0.25) is 14.4 Å². The zero-order valence-corrected chi connectivity index (χ0v) is 18.3. The van der Waals surface area contributed by atoms with Crippen LogP contribution >= 0.6 is 0 Å². The van der Waals surface area contributed by atoms with E-state index in [9.17, 15) is 19.5 Å². The molecule has 0 aliphatic carbocycles. The molecule has 3 rings (SSSR count). The summed E-state index contributed by atoms with van der Waals surface area (Å²) in [5.74, 6) is -1.66. The van der Waals surface area contributed by atoms with Crippen molar-refractivity contribution in [2.45, 2.75) is 6.42 Å². The number of carbonyl (C=O) groups is 3. The van der Waals surface area contributed by atoms with Gasteiger partial charge in [-0.15, -0.1) is 0 Å². The summed E-state index contributed by atoms with van der Waals surface area (Å²) in [5, 5.41) is 27.0. The molecule has 5 N–H and O–H groups in total. The van der Waals surface area contributed by atoms with E-state index in [0.717, 1.165) is 0 Å². The lowest BCUT2D eigenvalue weighted by Gasteiger charge is -2.14. The van der Waals surface area contributed by atoms with Crippen LogP contribution < -0.4 is 16.0 Å². The number of aliphatic hydroxyl groups excluding tert-OH is 1. The van der Waals surface area contributed by atoms with E-state index in [2.05, 4.69) is 16.0 Å². The Morgan fingerprint density at radius 2 is 1.50 bits per heavy atom. The maximum absolute atomic E-state index is 13.2. The Labute approximate surface area is 196 Å². The SMILES string of the molecule is O=C(Nc1ccccc1C(=O)NCCCO)/C(=C/c1ccccc1O)NC(=O)c1ccccc1. The first kappa shape index (κ1) is 24.2.